The van der Waals surface area contributed by atoms with Crippen molar-refractivity contribution in [2.45, 2.75) is 19.8 Å². The smallest absolute Gasteiger partial charge is 0.229 e. The van der Waals surface area contributed by atoms with Crippen LogP contribution in [0.5, 0.6) is 0 Å². The van der Waals surface area contributed by atoms with Crippen LogP contribution in [0.25, 0.3) is 0 Å². The van der Waals surface area contributed by atoms with Crippen molar-refractivity contribution in [3.8, 4) is 0 Å². The van der Waals surface area contributed by atoms with Crippen LogP contribution < -0.4 is 10.6 Å². The fraction of sp³-hybridized carbons (Fsp3) is 0.150. The molecule has 1 aliphatic carbocycles. The van der Waals surface area contributed by atoms with Crippen molar-refractivity contribution in [3.05, 3.63) is 71.4 Å². The molecular formula is C20H18N4O. The third-order valence-electron chi connectivity index (χ3n) is 4.26. The summed E-state index contributed by atoms with van der Waals surface area (Å²) in [4.78, 5) is 20.5. The first kappa shape index (κ1) is 15.3. The van der Waals surface area contributed by atoms with E-state index in [0.717, 1.165) is 28.9 Å². The van der Waals surface area contributed by atoms with Crippen molar-refractivity contribution < 1.29 is 4.79 Å². The predicted octanol–water partition coefficient (Wildman–Crippen LogP) is 4.40. The Bertz CT molecular complexity index is 935. The largest absolute Gasteiger partial charge is 0.340 e. The van der Waals surface area contributed by atoms with Gasteiger partial charge in [0.05, 0.1) is 0 Å². The van der Waals surface area contributed by atoms with Crippen molar-refractivity contribution in [2.24, 2.45) is 0 Å². The van der Waals surface area contributed by atoms with Gasteiger partial charge in [0.15, 0.2) is 5.78 Å². The number of hydrogen-bond donors (Lipinski definition) is 2. The molecule has 0 saturated carbocycles. The van der Waals surface area contributed by atoms with Gasteiger partial charge in [-0.15, -0.1) is 0 Å². The summed E-state index contributed by atoms with van der Waals surface area (Å²) in [6.45, 7) is 2.05. The number of carbonyl (C=O) groups excluding carboxylic acids is 1. The average Bonchev–Trinajstić information content (AvgIpc) is 2.98. The van der Waals surface area contributed by atoms with Crippen molar-refractivity contribution in [1.29, 1.82) is 0 Å². The average molecular weight is 330 g/mol. The molecule has 4 rings (SSSR count). The van der Waals surface area contributed by atoms with E-state index in [-0.39, 0.29) is 5.78 Å². The summed E-state index contributed by atoms with van der Waals surface area (Å²) in [5, 5.41) is 6.48. The highest BCUT2D eigenvalue weighted by atomic mass is 16.1. The lowest BCUT2D eigenvalue weighted by molar-refractivity contribution is 0.0994. The molecule has 5 nitrogen and oxygen atoms in total. The number of hydrogen-bond acceptors (Lipinski definition) is 5. The Morgan fingerprint density at radius 3 is 2.56 bits per heavy atom. The zero-order valence-electron chi connectivity index (χ0n) is 13.9. The Hall–Kier alpha value is -3.21. The molecule has 124 valence electrons. The Kier molecular flexibility index (Phi) is 3.90. The minimum atomic E-state index is 0.230. The minimum Gasteiger partial charge on any atom is -0.340 e. The van der Waals surface area contributed by atoms with Gasteiger partial charge in [-0.1, -0.05) is 17.7 Å². The van der Waals surface area contributed by atoms with Crippen molar-refractivity contribution in [3.63, 3.8) is 0 Å². The van der Waals surface area contributed by atoms with Gasteiger partial charge in [0.2, 0.25) is 5.95 Å². The molecule has 25 heavy (non-hydrogen) atoms. The van der Waals surface area contributed by atoms with Crippen LogP contribution >= 0.6 is 0 Å². The Morgan fingerprint density at radius 2 is 1.72 bits per heavy atom. The van der Waals surface area contributed by atoms with E-state index in [1.807, 2.05) is 48.5 Å². The second-order valence-electron chi connectivity index (χ2n) is 6.18. The van der Waals surface area contributed by atoms with Gasteiger partial charge in [0.25, 0.3) is 0 Å². The Morgan fingerprint density at radius 1 is 0.920 bits per heavy atom. The first-order valence-corrected chi connectivity index (χ1v) is 8.27. The molecule has 0 fully saturated rings. The molecule has 3 aromatic rings. The predicted molar refractivity (Wildman–Crippen MR) is 98.9 cm³/mol. The van der Waals surface area contributed by atoms with Crippen LogP contribution in [0.4, 0.5) is 23.1 Å². The number of rotatable bonds is 4. The van der Waals surface area contributed by atoms with Crippen LogP contribution in [0.1, 0.15) is 27.9 Å². The third-order valence-corrected chi connectivity index (χ3v) is 4.26. The lowest BCUT2D eigenvalue weighted by Crippen LogP contribution is -2.01. The molecule has 0 radical (unpaired) electrons. The third kappa shape index (κ3) is 3.35. The van der Waals surface area contributed by atoms with Gasteiger partial charge in [-0.2, -0.15) is 4.98 Å². The van der Waals surface area contributed by atoms with Crippen LogP contribution in [0, 0.1) is 6.92 Å². The standard InChI is InChI=1S/C20H18N4O/c1-13-2-5-15(6-3-13)23-20-21-11-10-19(24-20)22-16-7-8-17-14(12-16)4-9-18(17)25/h2-3,5-8,10-12H,4,9H2,1H3,(H2,21,22,23,24). The number of nitrogens with zero attached hydrogens (tertiary/aromatic N) is 2. The van der Waals surface area contributed by atoms with E-state index in [2.05, 4.69) is 27.5 Å². The van der Waals surface area contributed by atoms with Gasteiger partial charge in [-0.05, 0) is 55.3 Å². The lowest BCUT2D eigenvalue weighted by atomic mass is 10.1. The highest BCUT2D eigenvalue weighted by Gasteiger charge is 2.19. The van der Waals surface area contributed by atoms with E-state index in [9.17, 15) is 4.79 Å². The van der Waals surface area contributed by atoms with E-state index < -0.39 is 0 Å². The summed E-state index contributed by atoms with van der Waals surface area (Å²) in [6, 6.07) is 15.7. The first-order valence-electron chi connectivity index (χ1n) is 8.27. The van der Waals surface area contributed by atoms with E-state index in [1.165, 1.54) is 5.56 Å². The summed E-state index contributed by atoms with van der Waals surface area (Å²) in [5.74, 6) is 1.47. The topological polar surface area (TPSA) is 66.9 Å². The summed E-state index contributed by atoms with van der Waals surface area (Å²) < 4.78 is 0. The number of Topliss-reactive ketones (excluding diaryl/α,β-unsaturated/α-hetero) is 1. The highest BCUT2D eigenvalue weighted by Crippen LogP contribution is 2.26. The number of nitrogens with one attached hydrogen (secondary N) is 2. The zero-order chi connectivity index (χ0) is 17.2. The van der Waals surface area contributed by atoms with Gasteiger partial charge < -0.3 is 10.6 Å². The van der Waals surface area contributed by atoms with Gasteiger partial charge in [0, 0.05) is 29.6 Å². The molecule has 1 aromatic heterocycles. The molecule has 0 spiro atoms. The van der Waals surface area contributed by atoms with Crippen molar-refractivity contribution >= 4 is 28.9 Å². The van der Waals surface area contributed by atoms with Crippen LogP contribution in [0.3, 0.4) is 0 Å². The molecule has 5 heteroatoms. The fourth-order valence-corrected chi connectivity index (χ4v) is 2.94. The summed E-state index contributed by atoms with van der Waals surface area (Å²) in [7, 11) is 0. The van der Waals surface area contributed by atoms with Gasteiger partial charge >= 0.3 is 0 Å². The van der Waals surface area contributed by atoms with Gasteiger partial charge in [0.1, 0.15) is 5.82 Å². The van der Waals surface area contributed by atoms with Crippen LogP contribution in [0.15, 0.2) is 54.7 Å². The normalized spacial score (nSPS) is 12.8. The quantitative estimate of drug-likeness (QED) is 0.742. The monoisotopic (exact) mass is 330 g/mol. The van der Waals surface area contributed by atoms with Gasteiger partial charge in [-0.25, -0.2) is 4.98 Å². The number of aryl methyl sites for hydroxylation is 2. The molecular weight excluding hydrogens is 312 g/mol. The van der Waals surface area contributed by atoms with E-state index in [4.69, 9.17) is 0 Å². The number of aromatic nitrogens is 2. The molecule has 0 amide bonds. The number of benzene rings is 2. The maximum Gasteiger partial charge on any atom is 0.229 e. The molecule has 1 aliphatic rings. The molecule has 1 heterocycles. The molecule has 0 saturated heterocycles. The number of ketones is 1. The van der Waals surface area contributed by atoms with Crippen molar-refractivity contribution in [2.75, 3.05) is 10.6 Å². The maximum absolute atomic E-state index is 11.7. The maximum atomic E-state index is 11.7. The van der Waals surface area contributed by atoms with E-state index >= 15 is 0 Å². The van der Waals surface area contributed by atoms with Crippen LogP contribution in [0.2, 0.25) is 0 Å². The minimum absolute atomic E-state index is 0.230. The second-order valence-corrected chi connectivity index (χ2v) is 6.18. The van der Waals surface area contributed by atoms with E-state index in [0.29, 0.717) is 18.2 Å². The lowest BCUT2D eigenvalue weighted by Gasteiger charge is -2.09. The molecule has 0 atom stereocenters. The van der Waals surface area contributed by atoms with Gasteiger partial charge in [-0.3, -0.25) is 4.79 Å². The highest BCUT2D eigenvalue weighted by molar-refractivity contribution is 6.00. The number of fused-ring (bicyclic) bond motifs is 1. The zero-order valence-corrected chi connectivity index (χ0v) is 13.9. The Balaban J connectivity index is 1.52. The fourth-order valence-electron chi connectivity index (χ4n) is 2.94. The van der Waals surface area contributed by atoms with Crippen LogP contribution in [-0.2, 0) is 6.42 Å². The first-order chi connectivity index (χ1) is 12.2. The summed E-state index contributed by atoms with van der Waals surface area (Å²) >= 11 is 0. The number of anilines is 4. The summed E-state index contributed by atoms with van der Waals surface area (Å²) in [5.41, 5.74) is 5.02. The summed E-state index contributed by atoms with van der Waals surface area (Å²) in [6.07, 6.45) is 3.13. The second kappa shape index (κ2) is 6.36. The molecule has 0 aliphatic heterocycles. The molecule has 2 aromatic carbocycles. The van der Waals surface area contributed by atoms with Crippen molar-refractivity contribution in [1.82, 2.24) is 9.97 Å². The SMILES string of the molecule is Cc1ccc(Nc2nccc(Nc3ccc4c(c3)CCC4=O)n2)cc1. The van der Waals surface area contributed by atoms with E-state index in [1.54, 1.807) is 6.20 Å². The van der Waals surface area contributed by atoms with Crippen LogP contribution in [-0.4, -0.2) is 15.8 Å². The molecule has 0 unspecified atom stereocenters. The molecule has 2 N–H and O–H groups in total. The Labute approximate surface area is 146 Å². The molecule has 0 bridgehead atoms. The number of carbonyl (C=O) groups is 1.